The fraction of sp³-hybridized carbons (Fsp3) is 0.364. The van der Waals surface area contributed by atoms with Crippen LogP contribution < -0.4 is 4.74 Å². The molecule has 0 unspecified atom stereocenters. The summed E-state index contributed by atoms with van der Waals surface area (Å²) in [7, 11) is 0. The van der Waals surface area contributed by atoms with E-state index in [0.717, 1.165) is 5.75 Å². The Bertz CT molecular complexity index is 304. The maximum Gasteiger partial charge on any atom is 0.180 e. The van der Waals surface area contributed by atoms with Crippen LogP contribution in [-0.2, 0) is 0 Å². The standard InChI is InChI=1S/C11H13ClO2/c1-3-14-10-6-4-9(5-7-10)11(13)8(2)12/h4-8H,3H2,1-2H3/t8-/m1/s1. The zero-order valence-electron chi connectivity index (χ0n) is 8.29. The average Bonchev–Trinajstić information content (AvgIpc) is 2.18. The van der Waals surface area contributed by atoms with Crippen LogP contribution in [0.1, 0.15) is 24.2 Å². The van der Waals surface area contributed by atoms with Crippen molar-refractivity contribution in [3.05, 3.63) is 29.8 Å². The third-order valence-corrected chi connectivity index (χ3v) is 2.01. The van der Waals surface area contributed by atoms with E-state index >= 15 is 0 Å². The zero-order chi connectivity index (χ0) is 10.6. The number of ether oxygens (including phenoxy) is 1. The third-order valence-electron chi connectivity index (χ3n) is 1.81. The Morgan fingerprint density at radius 1 is 1.43 bits per heavy atom. The fourth-order valence-corrected chi connectivity index (χ4v) is 1.24. The molecule has 0 fully saturated rings. The van der Waals surface area contributed by atoms with Crippen molar-refractivity contribution in [1.29, 1.82) is 0 Å². The van der Waals surface area contributed by atoms with E-state index in [-0.39, 0.29) is 5.78 Å². The smallest absolute Gasteiger partial charge is 0.180 e. The van der Waals surface area contributed by atoms with Crippen molar-refractivity contribution in [3.63, 3.8) is 0 Å². The Morgan fingerprint density at radius 3 is 2.43 bits per heavy atom. The quantitative estimate of drug-likeness (QED) is 0.567. The second kappa shape index (κ2) is 5.01. The molecule has 1 atom stereocenters. The highest BCUT2D eigenvalue weighted by Crippen LogP contribution is 2.14. The van der Waals surface area contributed by atoms with E-state index in [1.807, 2.05) is 6.92 Å². The average molecular weight is 213 g/mol. The predicted octanol–water partition coefficient (Wildman–Crippen LogP) is 2.90. The minimum Gasteiger partial charge on any atom is -0.494 e. The highest BCUT2D eigenvalue weighted by atomic mass is 35.5. The van der Waals surface area contributed by atoms with Gasteiger partial charge in [0, 0.05) is 5.56 Å². The first-order chi connectivity index (χ1) is 6.65. The molecule has 0 heterocycles. The first-order valence-electron chi connectivity index (χ1n) is 4.56. The molecule has 14 heavy (non-hydrogen) atoms. The van der Waals surface area contributed by atoms with Crippen molar-refractivity contribution in [2.45, 2.75) is 19.2 Å². The molecule has 0 N–H and O–H groups in total. The summed E-state index contributed by atoms with van der Waals surface area (Å²) >= 11 is 5.68. The lowest BCUT2D eigenvalue weighted by molar-refractivity contribution is 0.0991. The van der Waals surface area contributed by atoms with Crippen LogP contribution in [0.15, 0.2) is 24.3 Å². The molecule has 0 amide bonds. The summed E-state index contributed by atoms with van der Waals surface area (Å²) in [4.78, 5) is 11.4. The van der Waals surface area contributed by atoms with Gasteiger partial charge in [-0.3, -0.25) is 4.79 Å². The molecule has 0 saturated heterocycles. The van der Waals surface area contributed by atoms with E-state index in [0.29, 0.717) is 12.2 Å². The molecule has 3 heteroatoms. The molecule has 2 nitrogen and oxygen atoms in total. The van der Waals surface area contributed by atoms with Crippen molar-refractivity contribution >= 4 is 17.4 Å². The minimum absolute atomic E-state index is 0.0604. The molecule has 0 saturated carbocycles. The molecule has 0 aliphatic rings. The van der Waals surface area contributed by atoms with Crippen LogP contribution >= 0.6 is 11.6 Å². The summed E-state index contributed by atoms with van der Waals surface area (Å²) in [5.74, 6) is 0.709. The van der Waals surface area contributed by atoms with Crippen LogP contribution in [0, 0.1) is 0 Å². The van der Waals surface area contributed by atoms with Crippen molar-refractivity contribution in [2.24, 2.45) is 0 Å². The first-order valence-corrected chi connectivity index (χ1v) is 5.00. The van der Waals surface area contributed by atoms with Gasteiger partial charge in [0.25, 0.3) is 0 Å². The van der Waals surface area contributed by atoms with Crippen LogP contribution in [0.2, 0.25) is 0 Å². The number of carbonyl (C=O) groups excluding carboxylic acids is 1. The number of ketones is 1. The lowest BCUT2D eigenvalue weighted by atomic mass is 10.1. The van der Waals surface area contributed by atoms with E-state index in [4.69, 9.17) is 16.3 Å². The Balaban J connectivity index is 2.78. The number of halogens is 1. The molecular formula is C11H13ClO2. The Labute approximate surface area is 88.8 Å². The summed E-state index contributed by atoms with van der Waals surface area (Å²) < 4.78 is 5.26. The monoisotopic (exact) mass is 212 g/mol. The molecule has 0 aliphatic carbocycles. The summed E-state index contributed by atoms with van der Waals surface area (Å²) in [5, 5.41) is -0.479. The highest BCUT2D eigenvalue weighted by molar-refractivity contribution is 6.33. The molecule has 0 radical (unpaired) electrons. The van der Waals surface area contributed by atoms with Gasteiger partial charge in [-0.1, -0.05) is 0 Å². The van der Waals surface area contributed by atoms with Gasteiger partial charge in [0.05, 0.1) is 12.0 Å². The topological polar surface area (TPSA) is 26.3 Å². The largest absolute Gasteiger partial charge is 0.494 e. The third kappa shape index (κ3) is 2.74. The molecule has 0 aromatic heterocycles. The summed E-state index contributed by atoms with van der Waals surface area (Å²) in [5.41, 5.74) is 0.621. The lowest BCUT2D eigenvalue weighted by Crippen LogP contribution is -2.10. The van der Waals surface area contributed by atoms with Crippen molar-refractivity contribution in [2.75, 3.05) is 6.61 Å². The molecule has 0 spiro atoms. The summed E-state index contributed by atoms with van der Waals surface area (Å²) in [6, 6.07) is 7.00. The first kappa shape index (κ1) is 11.1. The van der Waals surface area contributed by atoms with Crippen molar-refractivity contribution < 1.29 is 9.53 Å². The number of Topliss-reactive ketones (excluding diaryl/α,β-unsaturated/α-hetero) is 1. The van der Waals surface area contributed by atoms with Gasteiger partial charge in [0.1, 0.15) is 5.75 Å². The van der Waals surface area contributed by atoms with Gasteiger partial charge in [-0.2, -0.15) is 0 Å². The highest BCUT2D eigenvalue weighted by Gasteiger charge is 2.11. The Morgan fingerprint density at radius 2 is 2.00 bits per heavy atom. The zero-order valence-corrected chi connectivity index (χ0v) is 9.04. The number of benzene rings is 1. The molecule has 1 rings (SSSR count). The number of hydrogen-bond acceptors (Lipinski definition) is 2. The van der Waals surface area contributed by atoms with Crippen molar-refractivity contribution in [1.82, 2.24) is 0 Å². The van der Waals surface area contributed by atoms with Gasteiger partial charge in [-0.05, 0) is 38.1 Å². The number of alkyl halides is 1. The summed E-state index contributed by atoms with van der Waals surface area (Å²) in [6.45, 7) is 4.21. The van der Waals surface area contributed by atoms with E-state index in [1.54, 1.807) is 31.2 Å². The maximum atomic E-state index is 11.4. The Hall–Kier alpha value is -1.02. The maximum absolute atomic E-state index is 11.4. The van der Waals surface area contributed by atoms with Gasteiger partial charge in [0.2, 0.25) is 0 Å². The summed E-state index contributed by atoms with van der Waals surface area (Å²) in [6.07, 6.45) is 0. The lowest BCUT2D eigenvalue weighted by Gasteiger charge is -2.05. The second-order valence-electron chi connectivity index (χ2n) is 2.94. The molecule has 1 aromatic rings. The number of carbonyl (C=O) groups is 1. The normalized spacial score (nSPS) is 12.2. The van der Waals surface area contributed by atoms with Gasteiger partial charge in [0.15, 0.2) is 5.78 Å². The van der Waals surface area contributed by atoms with Crippen molar-refractivity contribution in [3.8, 4) is 5.75 Å². The van der Waals surface area contributed by atoms with Gasteiger partial charge >= 0.3 is 0 Å². The second-order valence-corrected chi connectivity index (χ2v) is 3.59. The number of hydrogen-bond donors (Lipinski definition) is 0. The SMILES string of the molecule is CCOc1ccc(C(=O)[C@@H](C)Cl)cc1. The van der Waals surface area contributed by atoms with E-state index in [1.165, 1.54) is 0 Å². The van der Waals surface area contributed by atoms with E-state index in [9.17, 15) is 4.79 Å². The van der Waals surface area contributed by atoms with Crippen LogP contribution in [0.4, 0.5) is 0 Å². The minimum atomic E-state index is -0.479. The van der Waals surface area contributed by atoms with Gasteiger partial charge in [-0.25, -0.2) is 0 Å². The number of rotatable bonds is 4. The van der Waals surface area contributed by atoms with Gasteiger partial charge in [-0.15, -0.1) is 11.6 Å². The predicted molar refractivity (Wildman–Crippen MR) is 57.3 cm³/mol. The van der Waals surface area contributed by atoms with E-state index < -0.39 is 5.38 Å². The van der Waals surface area contributed by atoms with Crippen LogP contribution in [0.5, 0.6) is 5.75 Å². The molecule has 0 bridgehead atoms. The van der Waals surface area contributed by atoms with E-state index in [2.05, 4.69) is 0 Å². The van der Waals surface area contributed by atoms with Crippen LogP contribution in [0.25, 0.3) is 0 Å². The molecule has 1 aromatic carbocycles. The van der Waals surface area contributed by atoms with Gasteiger partial charge < -0.3 is 4.74 Å². The van der Waals surface area contributed by atoms with Crippen LogP contribution in [-0.4, -0.2) is 17.8 Å². The Kier molecular flexibility index (Phi) is 3.96. The van der Waals surface area contributed by atoms with Crippen LogP contribution in [0.3, 0.4) is 0 Å². The molecule has 0 aliphatic heterocycles. The molecular weight excluding hydrogens is 200 g/mol. The fourth-order valence-electron chi connectivity index (χ4n) is 1.11. The molecule has 76 valence electrons.